The van der Waals surface area contributed by atoms with Crippen molar-refractivity contribution in [3.8, 4) is 11.5 Å². The number of nitrogens with one attached hydrogen (secondary N) is 1. The van der Waals surface area contributed by atoms with Gasteiger partial charge in [-0.3, -0.25) is 4.79 Å². The molecular weight excluding hydrogens is 312 g/mol. The lowest BCUT2D eigenvalue weighted by Gasteiger charge is -2.15. The van der Waals surface area contributed by atoms with Crippen LogP contribution in [0.1, 0.15) is 12.5 Å². The van der Waals surface area contributed by atoms with Gasteiger partial charge in [0.2, 0.25) is 5.91 Å². The Labute approximate surface area is 140 Å². The minimum atomic E-state index is -0.291. The van der Waals surface area contributed by atoms with Gasteiger partial charge in [-0.2, -0.15) is 0 Å². The molecule has 23 heavy (non-hydrogen) atoms. The number of benzene rings is 1. The lowest BCUT2D eigenvalue weighted by atomic mass is 10.2. The predicted molar refractivity (Wildman–Crippen MR) is 92.5 cm³/mol. The van der Waals surface area contributed by atoms with Gasteiger partial charge in [-0.15, -0.1) is 0 Å². The topological polar surface area (TPSA) is 60.5 Å². The molecule has 1 heterocycles. The molecule has 1 aromatic carbocycles. The Kier molecular flexibility index (Phi) is 5.87. The molecule has 0 radical (unpaired) electrons. The zero-order valence-electron chi connectivity index (χ0n) is 13.6. The van der Waals surface area contributed by atoms with Gasteiger partial charge in [0, 0.05) is 12.3 Å². The van der Waals surface area contributed by atoms with E-state index in [4.69, 9.17) is 9.47 Å². The van der Waals surface area contributed by atoms with Crippen LogP contribution in [-0.4, -0.2) is 30.4 Å². The molecule has 1 atom stereocenters. The summed E-state index contributed by atoms with van der Waals surface area (Å²) in [6.45, 7) is 3.82. The van der Waals surface area contributed by atoms with Crippen molar-refractivity contribution in [2.24, 2.45) is 0 Å². The molecule has 0 aliphatic rings. The maximum Gasteiger partial charge on any atom is 0.237 e. The number of aromatic nitrogens is 1. The van der Waals surface area contributed by atoms with Crippen LogP contribution in [0.25, 0.3) is 0 Å². The fourth-order valence-electron chi connectivity index (χ4n) is 1.90. The Morgan fingerprint density at radius 3 is 2.61 bits per heavy atom. The van der Waals surface area contributed by atoms with E-state index >= 15 is 0 Å². The van der Waals surface area contributed by atoms with E-state index < -0.39 is 0 Å². The molecule has 0 fully saturated rings. The number of carbonyl (C=O) groups excluding carboxylic acids is 1. The number of rotatable bonds is 6. The Bertz CT molecular complexity index is 674. The van der Waals surface area contributed by atoms with Crippen LogP contribution in [0.4, 0.5) is 5.69 Å². The molecule has 6 heteroatoms. The SMILES string of the molecule is COc1ccc(OC)c(NC(=O)C(C)Sc2ccc(C)cn2)c1. The van der Waals surface area contributed by atoms with E-state index in [-0.39, 0.29) is 11.2 Å². The van der Waals surface area contributed by atoms with E-state index in [0.717, 1.165) is 10.6 Å². The lowest BCUT2D eigenvalue weighted by Crippen LogP contribution is -2.22. The molecule has 0 bridgehead atoms. The third-order valence-corrected chi connectivity index (χ3v) is 4.27. The minimum absolute atomic E-state index is 0.121. The fraction of sp³-hybridized carbons (Fsp3) is 0.294. The third-order valence-electron chi connectivity index (χ3n) is 3.22. The van der Waals surface area contributed by atoms with Gasteiger partial charge >= 0.3 is 0 Å². The van der Waals surface area contributed by atoms with E-state index in [1.165, 1.54) is 11.8 Å². The van der Waals surface area contributed by atoms with Gasteiger partial charge in [0.1, 0.15) is 11.5 Å². The number of hydrogen-bond donors (Lipinski definition) is 1. The normalized spacial score (nSPS) is 11.7. The summed E-state index contributed by atoms with van der Waals surface area (Å²) in [6.07, 6.45) is 1.79. The monoisotopic (exact) mass is 332 g/mol. The van der Waals surface area contributed by atoms with Gasteiger partial charge in [0.05, 0.1) is 30.2 Å². The molecule has 0 aliphatic carbocycles. The first-order valence-corrected chi connectivity index (χ1v) is 8.03. The molecule has 1 aromatic heterocycles. The molecule has 0 aliphatic heterocycles. The maximum absolute atomic E-state index is 12.4. The average molecular weight is 332 g/mol. The zero-order chi connectivity index (χ0) is 16.8. The first-order valence-electron chi connectivity index (χ1n) is 7.15. The highest BCUT2D eigenvalue weighted by Crippen LogP contribution is 2.30. The number of anilines is 1. The molecular formula is C17H20N2O3S. The number of ether oxygens (including phenoxy) is 2. The number of hydrogen-bond acceptors (Lipinski definition) is 5. The van der Waals surface area contributed by atoms with E-state index in [0.29, 0.717) is 17.2 Å². The minimum Gasteiger partial charge on any atom is -0.497 e. The molecule has 0 saturated carbocycles. The summed E-state index contributed by atoms with van der Waals surface area (Å²) in [5.74, 6) is 1.12. The quantitative estimate of drug-likeness (QED) is 0.820. The first kappa shape index (κ1) is 17.1. The second-order valence-corrected chi connectivity index (χ2v) is 6.35. The molecule has 2 aromatic rings. The van der Waals surface area contributed by atoms with Gasteiger partial charge in [-0.1, -0.05) is 17.8 Å². The summed E-state index contributed by atoms with van der Waals surface area (Å²) in [5, 5.41) is 3.40. The fourth-order valence-corrected chi connectivity index (χ4v) is 2.69. The number of aryl methyl sites for hydroxylation is 1. The van der Waals surface area contributed by atoms with Gasteiger partial charge < -0.3 is 14.8 Å². The largest absolute Gasteiger partial charge is 0.497 e. The number of carbonyl (C=O) groups is 1. The van der Waals surface area contributed by atoms with Crippen molar-refractivity contribution in [1.29, 1.82) is 0 Å². The molecule has 5 nitrogen and oxygen atoms in total. The number of pyridine rings is 1. The summed E-state index contributed by atoms with van der Waals surface area (Å²) in [6, 6.07) is 9.16. The highest BCUT2D eigenvalue weighted by Gasteiger charge is 2.17. The van der Waals surface area contributed by atoms with E-state index in [9.17, 15) is 4.79 Å². The van der Waals surface area contributed by atoms with Crippen molar-refractivity contribution in [1.82, 2.24) is 4.98 Å². The summed E-state index contributed by atoms with van der Waals surface area (Å²) >= 11 is 1.41. The summed E-state index contributed by atoms with van der Waals surface area (Å²) in [5.41, 5.74) is 1.67. The van der Waals surface area contributed by atoms with Crippen molar-refractivity contribution in [2.75, 3.05) is 19.5 Å². The zero-order valence-corrected chi connectivity index (χ0v) is 14.4. The summed E-state index contributed by atoms with van der Waals surface area (Å²) in [4.78, 5) is 16.7. The molecule has 0 saturated heterocycles. The number of methoxy groups -OCH3 is 2. The maximum atomic E-state index is 12.4. The van der Waals surface area contributed by atoms with Crippen molar-refractivity contribution in [3.05, 3.63) is 42.1 Å². The second-order valence-electron chi connectivity index (χ2n) is 4.99. The highest BCUT2D eigenvalue weighted by molar-refractivity contribution is 8.00. The highest BCUT2D eigenvalue weighted by atomic mass is 32.2. The van der Waals surface area contributed by atoms with Gasteiger partial charge in [0.15, 0.2) is 0 Å². The van der Waals surface area contributed by atoms with E-state index in [2.05, 4.69) is 10.3 Å². The molecule has 2 rings (SSSR count). The van der Waals surface area contributed by atoms with Crippen molar-refractivity contribution >= 4 is 23.4 Å². The average Bonchev–Trinajstić information content (AvgIpc) is 2.56. The van der Waals surface area contributed by atoms with Crippen molar-refractivity contribution in [2.45, 2.75) is 24.1 Å². The van der Waals surface area contributed by atoms with Crippen LogP contribution < -0.4 is 14.8 Å². The Balaban J connectivity index is 2.07. The van der Waals surface area contributed by atoms with Crippen LogP contribution in [0.5, 0.6) is 11.5 Å². The number of nitrogens with zero attached hydrogens (tertiary/aromatic N) is 1. The second kappa shape index (κ2) is 7.87. The summed E-state index contributed by atoms with van der Waals surface area (Å²) < 4.78 is 10.4. The van der Waals surface area contributed by atoms with Gasteiger partial charge in [0.25, 0.3) is 0 Å². The van der Waals surface area contributed by atoms with Crippen LogP contribution in [0.2, 0.25) is 0 Å². The van der Waals surface area contributed by atoms with E-state index in [1.54, 1.807) is 38.6 Å². The van der Waals surface area contributed by atoms with Gasteiger partial charge in [-0.25, -0.2) is 4.98 Å². The Morgan fingerprint density at radius 1 is 1.22 bits per heavy atom. The van der Waals surface area contributed by atoms with Crippen LogP contribution >= 0.6 is 11.8 Å². The molecule has 1 amide bonds. The lowest BCUT2D eigenvalue weighted by molar-refractivity contribution is -0.115. The van der Waals surface area contributed by atoms with Crippen LogP contribution in [-0.2, 0) is 4.79 Å². The molecule has 122 valence electrons. The standard InChI is InChI=1S/C17H20N2O3S/c1-11-5-8-16(18-10-11)23-12(2)17(20)19-14-9-13(21-3)6-7-15(14)22-4/h5-10,12H,1-4H3,(H,19,20). The molecule has 1 N–H and O–H groups in total. The number of amides is 1. The molecule has 0 spiro atoms. The van der Waals surface area contributed by atoms with Gasteiger partial charge in [-0.05, 0) is 37.6 Å². The van der Waals surface area contributed by atoms with Crippen LogP contribution in [0.15, 0.2) is 41.6 Å². The smallest absolute Gasteiger partial charge is 0.237 e. The first-order chi connectivity index (χ1) is 11.0. The number of thioether (sulfide) groups is 1. The van der Waals surface area contributed by atoms with Crippen LogP contribution in [0.3, 0.4) is 0 Å². The van der Waals surface area contributed by atoms with Crippen LogP contribution in [0, 0.1) is 6.92 Å². The van der Waals surface area contributed by atoms with E-state index in [1.807, 2.05) is 26.0 Å². The molecule has 1 unspecified atom stereocenters. The Hall–Kier alpha value is -2.21. The van der Waals surface area contributed by atoms with Crippen molar-refractivity contribution in [3.63, 3.8) is 0 Å². The van der Waals surface area contributed by atoms with Crippen molar-refractivity contribution < 1.29 is 14.3 Å². The summed E-state index contributed by atoms with van der Waals surface area (Å²) in [7, 11) is 3.14. The predicted octanol–water partition coefficient (Wildman–Crippen LogP) is 3.53. The third kappa shape index (κ3) is 4.63. The Morgan fingerprint density at radius 2 is 2.00 bits per heavy atom.